The Morgan fingerprint density at radius 1 is 1.31 bits per heavy atom. The average Bonchev–Trinajstić information content (AvgIpc) is 3.27. The van der Waals surface area contributed by atoms with Crippen molar-refractivity contribution < 1.29 is 17.5 Å². The monoisotopic (exact) mass is 383 g/mol. The van der Waals surface area contributed by atoms with Crippen molar-refractivity contribution in [1.29, 1.82) is 0 Å². The average molecular weight is 383 g/mol. The molecule has 0 unspecified atom stereocenters. The number of aliphatic imine (C=N–C) groups is 1. The number of guanidine groups is 1. The van der Waals surface area contributed by atoms with Crippen LogP contribution in [0.25, 0.3) is 0 Å². The molecule has 1 aliphatic rings. The minimum absolute atomic E-state index is 0.159. The lowest BCUT2D eigenvalue weighted by Crippen LogP contribution is -2.53. The Morgan fingerprint density at radius 3 is 2.65 bits per heavy atom. The molecule has 2 aromatic rings. The summed E-state index contributed by atoms with van der Waals surface area (Å²) in [5, 5.41) is 10.7. The summed E-state index contributed by atoms with van der Waals surface area (Å²) < 4.78 is 36.0. The van der Waals surface area contributed by atoms with Crippen LogP contribution in [0.3, 0.4) is 0 Å². The van der Waals surface area contributed by atoms with Crippen LogP contribution in [0, 0.1) is 6.92 Å². The second-order valence-electron chi connectivity index (χ2n) is 5.76. The second kappa shape index (κ2) is 7.83. The highest BCUT2D eigenvalue weighted by atomic mass is 32.2. The van der Waals surface area contributed by atoms with Crippen molar-refractivity contribution in [3.8, 4) is 0 Å². The fraction of sp³-hybridized carbons (Fsp3) is 0.571. The molecule has 3 heterocycles. The lowest BCUT2D eigenvalue weighted by atomic mass is 10.4. The molecule has 0 aliphatic carbocycles. The van der Waals surface area contributed by atoms with Gasteiger partial charge in [0.25, 0.3) is 0 Å². The first kappa shape index (κ1) is 18.3. The number of nitrogens with one attached hydrogen (secondary N) is 1. The molecule has 0 saturated carbocycles. The van der Waals surface area contributed by atoms with Gasteiger partial charge in [-0.3, -0.25) is 4.99 Å². The Hall–Kier alpha value is -2.47. The highest BCUT2D eigenvalue weighted by Crippen LogP contribution is 2.13. The molecule has 12 heteroatoms. The Balaban J connectivity index is 1.53. The molecular formula is C14H21N7O4S. The van der Waals surface area contributed by atoms with Gasteiger partial charge in [0.1, 0.15) is 12.0 Å². The Labute approximate surface area is 151 Å². The Kier molecular flexibility index (Phi) is 5.52. The van der Waals surface area contributed by atoms with Gasteiger partial charge in [0.2, 0.25) is 15.9 Å². The van der Waals surface area contributed by atoms with E-state index in [-0.39, 0.29) is 5.75 Å². The number of aryl methyl sites for hydroxylation is 1. The van der Waals surface area contributed by atoms with Crippen LogP contribution >= 0.6 is 0 Å². The first-order valence-corrected chi connectivity index (χ1v) is 9.71. The van der Waals surface area contributed by atoms with Crippen molar-refractivity contribution in [3.63, 3.8) is 0 Å². The highest BCUT2D eigenvalue weighted by molar-refractivity contribution is 7.88. The van der Waals surface area contributed by atoms with E-state index in [4.69, 9.17) is 9.05 Å². The lowest BCUT2D eigenvalue weighted by Gasteiger charge is -2.35. The summed E-state index contributed by atoms with van der Waals surface area (Å²) in [6.07, 6.45) is 1.36. The maximum Gasteiger partial charge on any atom is 0.223 e. The van der Waals surface area contributed by atoms with E-state index in [1.807, 2.05) is 4.90 Å². The minimum atomic E-state index is -3.42. The lowest BCUT2D eigenvalue weighted by molar-refractivity contribution is 0.259. The number of nitrogens with zero attached hydrogens (tertiary/aromatic N) is 6. The third-order valence-electron chi connectivity index (χ3n) is 3.94. The molecule has 2 aromatic heterocycles. The van der Waals surface area contributed by atoms with Crippen LogP contribution in [0.15, 0.2) is 26.4 Å². The topological polar surface area (TPSA) is 130 Å². The zero-order valence-corrected chi connectivity index (χ0v) is 15.4. The maximum atomic E-state index is 12.5. The van der Waals surface area contributed by atoms with Crippen LogP contribution in [-0.4, -0.2) is 72.1 Å². The highest BCUT2D eigenvalue weighted by Gasteiger charge is 2.29. The normalized spacial score (nSPS) is 16.8. The third kappa shape index (κ3) is 4.38. The van der Waals surface area contributed by atoms with Gasteiger partial charge < -0.3 is 19.3 Å². The largest absolute Gasteiger partial charge is 0.364 e. The predicted octanol–water partition coefficient (Wildman–Crippen LogP) is -0.411. The van der Waals surface area contributed by atoms with Crippen LogP contribution in [0.4, 0.5) is 0 Å². The molecule has 26 heavy (non-hydrogen) atoms. The van der Waals surface area contributed by atoms with E-state index in [1.165, 1.54) is 10.6 Å². The van der Waals surface area contributed by atoms with Crippen molar-refractivity contribution in [3.05, 3.63) is 29.7 Å². The smallest absolute Gasteiger partial charge is 0.223 e. The molecule has 1 aliphatic heterocycles. The number of rotatable bonds is 5. The van der Waals surface area contributed by atoms with Crippen LogP contribution in [0.5, 0.6) is 0 Å². The van der Waals surface area contributed by atoms with E-state index in [1.54, 1.807) is 20.0 Å². The summed E-state index contributed by atoms with van der Waals surface area (Å²) in [7, 11) is -1.75. The molecule has 0 amide bonds. The summed E-state index contributed by atoms with van der Waals surface area (Å²) >= 11 is 0. The van der Waals surface area contributed by atoms with E-state index in [0.717, 1.165) is 0 Å². The molecule has 1 N–H and O–H groups in total. The third-order valence-corrected chi connectivity index (χ3v) is 5.75. The number of aromatic nitrogens is 3. The van der Waals surface area contributed by atoms with Crippen molar-refractivity contribution >= 4 is 16.0 Å². The molecule has 11 nitrogen and oxygen atoms in total. The fourth-order valence-electron chi connectivity index (χ4n) is 2.67. The fourth-order valence-corrected chi connectivity index (χ4v) is 4.10. The predicted molar refractivity (Wildman–Crippen MR) is 91.5 cm³/mol. The Bertz CT molecular complexity index is 839. The molecule has 0 atom stereocenters. The van der Waals surface area contributed by atoms with Crippen molar-refractivity contribution in [1.82, 2.24) is 29.8 Å². The summed E-state index contributed by atoms with van der Waals surface area (Å²) in [5.74, 6) is 1.55. The first-order chi connectivity index (χ1) is 12.5. The van der Waals surface area contributed by atoms with Crippen LogP contribution in [-0.2, 0) is 22.3 Å². The first-order valence-electron chi connectivity index (χ1n) is 8.10. The van der Waals surface area contributed by atoms with Gasteiger partial charge in [0, 0.05) is 46.2 Å². The van der Waals surface area contributed by atoms with Crippen molar-refractivity contribution in [2.45, 2.75) is 19.2 Å². The molecule has 3 rings (SSSR count). The van der Waals surface area contributed by atoms with Gasteiger partial charge in [-0.1, -0.05) is 10.3 Å². The van der Waals surface area contributed by atoms with Crippen molar-refractivity contribution in [2.24, 2.45) is 4.99 Å². The van der Waals surface area contributed by atoms with E-state index in [2.05, 4.69) is 25.6 Å². The SMILES string of the molecule is CN=C(NCc1noc(C)n1)N1CCN(S(=O)(=O)Cc2ccon2)CC1. The summed E-state index contributed by atoms with van der Waals surface area (Å²) in [6.45, 7) is 3.93. The zero-order chi connectivity index (χ0) is 18.6. The second-order valence-corrected chi connectivity index (χ2v) is 7.73. The van der Waals surface area contributed by atoms with Gasteiger partial charge in [-0.25, -0.2) is 8.42 Å². The molecule has 0 aromatic carbocycles. The summed E-state index contributed by atoms with van der Waals surface area (Å²) in [4.78, 5) is 10.4. The van der Waals surface area contributed by atoms with Gasteiger partial charge >= 0.3 is 0 Å². The zero-order valence-electron chi connectivity index (χ0n) is 14.6. The van der Waals surface area contributed by atoms with Gasteiger partial charge in [-0.15, -0.1) is 0 Å². The standard InChI is InChI=1S/C14H21N7O4S/c1-11-17-13(19-25-11)9-16-14(15-2)20-4-6-21(7-5-20)26(22,23)10-12-3-8-24-18-12/h3,8H,4-7,9-10H2,1-2H3,(H,15,16). The van der Waals surface area contributed by atoms with Crippen molar-refractivity contribution in [2.75, 3.05) is 33.2 Å². The van der Waals surface area contributed by atoms with E-state index < -0.39 is 10.0 Å². The molecule has 1 fully saturated rings. The maximum absolute atomic E-state index is 12.5. The Morgan fingerprint density at radius 2 is 2.08 bits per heavy atom. The number of piperazine rings is 1. The van der Waals surface area contributed by atoms with Gasteiger partial charge in [-0.2, -0.15) is 9.29 Å². The molecule has 0 bridgehead atoms. The molecular weight excluding hydrogens is 362 g/mol. The van der Waals surface area contributed by atoms with Gasteiger partial charge in [0.05, 0.1) is 12.2 Å². The summed E-state index contributed by atoms with van der Waals surface area (Å²) in [6, 6.07) is 1.55. The van der Waals surface area contributed by atoms with Gasteiger partial charge in [0.15, 0.2) is 11.8 Å². The molecule has 1 saturated heterocycles. The molecule has 142 valence electrons. The van der Waals surface area contributed by atoms with Crippen LogP contribution in [0.1, 0.15) is 17.4 Å². The molecule has 0 spiro atoms. The number of sulfonamides is 1. The van der Waals surface area contributed by atoms with E-state index in [9.17, 15) is 8.42 Å². The summed E-state index contributed by atoms with van der Waals surface area (Å²) in [5.41, 5.74) is 0.403. The van der Waals surface area contributed by atoms with Crippen LogP contribution < -0.4 is 5.32 Å². The molecule has 0 radical (unpaired) electrons. The van der Waals surface area contributed by atoms with Crippen LogP contribution in [0.2, 0.25) is 0 Å². The minimum Gasteiger partial charge on any atom is -0.364 e. The number of hydrogen-bond acceptors (Lipinski definition) is 8. The van der Waals surface area contributed by atoms with E-state index >= 15 is 0 Å². The van der Waals surface area contributed by atoms with E-state index in [0.29, 0.717) is 56.1 Å². The quantitative estimate of drug-likeness (QED) is 0.541. The number of hydrogen-bond donors (Lipinski definition) is 1. The van der Waals surface area contributed by atoms with Gasteiger partial charge in [-0.05, 0) is 0 Å².